The van der Waals surface area contributed by atoms with E-state index in [0.717, 1.165) is 5.56 Å². The molecule has 1 N–H and O–H groups in total. The Morgan fingerprint density at radius 3 is 2.15 bits per heavy atom. The minimum absolute atomic E-state index is 0.310. The number of anilines is 1. The highest BCUT2D eigenvalue weighted by Gasteiger charge is 2.07. The zero-order chi connectivity index (χ0) is 14.5. The van der Waals surface area contributed by atoms with Gasteiger partial charge in [-0.2, -0.15) is 0 Å². The molecule has 0 aliphatic heterocycles. The molecule has 0 unspecified atom stereocenters. The van der Waals surface area contributed by atoms with Crippen LogP contribution in [0.1, 0.15) is 5.56 Å². The fourth-order valence-corrected chi connectivity index (χ4v) is 2.15. The Bertz CT molecular complexity index is 630. The number of halogens is 3. The largest absolute Gasteiger partial charge is 0.320 e. The zero-order valence-electron chi connectivity index (χ0n) is 10.2. The van der Waals surface area contributed by atoms with Gasteiger partial charge < -0.3 is 5.32 Å². The van der Waals surface area contributed by atoms with Crippen LogP contribution in [-0.4, -0.2) is 5.91 Å². The molecule has 0 radical (unpaired) electrons. The molecule has 1 amide bonds. The minimum Gasteiger partial charge on any atom is -0.320 e. The number of rotatable bonds is 3. The van der Waals surface area contributed by atoms with E-state index in [1.165, 1.54) is 6.08 Å². The predicted octanol–water partition coefficient (Wildman–Crippen LogP) is 5.30. The van der Waals surface area contributed by atoms with Crippen LogP contribution in [0.3, 0.4) is 0 Å². The number of carbonyl (C=O) groups is 1. The molecule has 0 aliphatic rings. The first kappa shape index (κ1) is 14.9. The molecule has 0 fully saturated rings. The average molecular weight is 327 g/mol. The van der Waals surface area contributed by atoms with Gasteiger partial charge in [-0.25, -0.2) is 0 Å². The summed E-state index contributed by atoms with van der Waals surface area (Å²) < 4.78 is 0. The molecule has 2 aromatic carbocycles. The summed E-state index contributed by atoms with van der Waals surface area (Å²) in [4.78, 5) is 11.8. The molecule has 0 bridgehead atoms. The normalized spacial score (nSPS) is 10.8. The van der Waals surface area contributed by atoms with Crippen LogP contribution in [0, 0.1) is 0 Å². The Balaban J connectivity index is 2.07. The van der Waals surface area contributed by atoms with Crippen molar-refractivity contribution in [3.05, 3.63) is 69.2 Å². The minimum atomic E-state index is -0.310. The monoisotopic (exact) mass is 325 g/mol. The number of hydrogen-bond donors (Lipinski definition) is 1. The molecule has 0 aromatic heterocycles. The number of para-hydroxylation sites is 1. The molecule has 5 heteroatoms. The van der Waals surface area contributed by atoms with E-state index in [2.05, 4.69) is 5.32 Å². The van der Waals surface area contributed by atoms with Crippen LogP contribution >= 0.6 is 34.8 Å². The topological polar surface area (TPSA) is 29.1 Å². The van der Waals surface area contributed by atoms with Gasteiger partial charge in [-0.1, -0.05) is 53.0 Å². The number of benzene rings is 2. The summed E-state index contributed by atoms with van der Waals surface area (Å²) in [6, 6.07) is 12.2. The number of nitrogens with one attached hydrogen (secondary N) is 1. The first-order valence-corrected chi connectivity index (χ1v) is 6.88. The Kier molecular flexibility index (Phi) is 5.07. The van der Waals surface area contributed by atoms with Crippen molar-refractivity contribution in [1.29, 1.82) is 0 Å². The van der Waals surface area contributed by atoms with E-state index in [4.69, 9.17) is 34.8 Å². The highest BCUT2D eigenvalue weighted by molar-refractivity contribution is 6.39. The maximum atomic E-state index is 11.8. The third-order valence-corrected chi connectivity index (χ3v) is 3.39. The van der Waals surface area contributed by atoms with E-state index < -0.39 is 0 Å². The van der Waals surface area contributed by atoms with Gasteiger partial charge in [-0.3, -0.25) is 4.79 Å². The number of amides is 1. The lowest BCUT2D eigenvalue weighted by atomic mass is 10.2. The van der Waals surface area contributed by atoms with E-state index in [0.29, 0.717) is 20.8 Å². The molecule has 2 aromatic rings. The summed E-state index contributed by atoms with van der Waals surface area (Å²) in [7, 11) is 0. The van der Waals surface area contributed by atoms with Crippen LogP contribution in [0.5, 0.6) is 0 Å². The van der Waals surface area contributed by atoms with E-state index in [-0.39, 0.29) is 5.91 Å². The Morgan fingerprint density at radius 1 is 0.950 bits per heavy atom. The van der Waals surface area contributed by atoms with Gasteiger partial charge in [0.15, 0.2) is 0 Å². The second-order valence-electron chi connectivity index (χ2n) is 3.97. The van der Waals surface area contributed by atoms with E-state index in [1.54, 1.807) is 36.4 Å². The lowest BCUT2D eigenvalue weighted by Gasteiger charge is -2.06. The van der Waals surface area contributed by atoms with Gasteiger partial charge in [0, 0.05) is 11.1 Å². The van der Waals surface area contributed by atoms with Gasteiger partial charge in [0.2, 0.25) is 5.91 Å². The molecule has 0 atom stereocenters. The summed E-state index contributed by atoms with van der Waals surface area (Å²) in [6.07, 6.45) is 3.08. The number of carbonyl (C=O) groups excluding carboxylic acids is 1. The Hall–Kier alpha value is -1.48. The summed E-state index contributed by atoms with van der Waals surface area (Å²) in [5, 5.41) is 4.08. The van der Waals surface area contributed by atoms with Gasteiger partial charge >= 0.3 is 0 Å². The highest BCUT2D eigenvalue weighted by atomic mass is 35.5. The summed E-state index contributed by atoms with van der Waals surface area (Å²) in [6.45, 7) is 0. The third-order valence-electron chi connectivity index (χ3n) is 2.51. The third kappa shape index (κ3) is 4.01. The van der Waals surface area contributed by atoms with Gasteiger partial charge in [0.05, 0.1) is 15.7 Å². The van der Waals surface area contributed by atoms with Crippen LogP contribution in [0.2, 0.25) is 15.1 Å². The quantitative estimate of drug-likeness (QED) is 0.762. The molecule has 0 saturated carbocycles. The fourth-order valence-electron chi connectivity index (χ4n) is 1.53. The van der Waals surface area contributed by atoms with Crippen molar-refractivity contribution in [3.63, 3.8) is 0 Å². The molecule has 0 aliphatic carbocycles. The van der Waals surface area contributed by atoms with Gasteiger partial charge in [-0.05, 0) is 35.9 Å². The first-order valence-electron chi connectivity index (χ1n) is 5.75. The smallest absolute Gasteiger partial charge is 0.248 e. The molecular formula is C15H10Cl3NO. The maximum absolute atomic E-state index is 11.8. The highest BCUT2D eigenvalue weighted by Crippen LogP contribution is 2.29. The molecule has 0 spiro atoms. The van der Waals surface area contributed by atoms with Gasteiger partial charge in [0.1, 0.15) is 0 Å². The van der Waals surface area contributed by atoms with Crippen molar-refractivity contribution < 1.29 is 4.79 Å². The molecule has 20 heavy (non-hydrogen) atoms. The average Bonchev–Trinajstić information content (AvgIpc) is 2.42. The second-order valence-corrected chi connectivity index (χ2v) is 5.22. The summed E-state index contributed by atoms with van der Waals surface area (Å²) in [5.41, 5.74) is 1.27. The Morgan fingerprint density at radius 2 is 1.55 bits per heavy atom. The molecule has 2 rings (SSSR count). The molecule has 2 nitrogen and oxygen atoms in total. The van der Waals surface area contributed by atoms with Gasteiger partial charge in [-0.15, -0.1) is 0 Å². The van der Waals surface area contributed by atoms with Crippen LogP contribution in [0.25, 0.3) is 6.08 Å². The maximum Gasteiger partial charge on any atom is 0.248 e. The molecule has 0 heterocycles. The van der Waals surface area contributed by atoms with Crippen LogP contribution in [0.15, 0.2) is 48.5 Å². The SMILES string of the molecule is O=C(/C=C/c1ccc(Cl)cc1)Nc1c(Cl)cccc1Cl. The molecular weight excluding hydrogens is 317 g/mol. The van der Waals surface area contributed by atoms with Crippen molar-refractivity contribution in [3.8, 4) is 0 Å². The second kappa shape index (κ2) is 6.80. The van der Waals surface area contributed by atoms with Crippen LogP contribution in [0.4, 0.5) is 5.69 Å². The molecule has 0 saturated heterocycles. The number of hydrogen-bond acceptors (Lipinski definition) is 1. The van der Waals surface area contributed by atoms with Crippen LogP contribution in [-0.2, 0) is 4.79 Å². The lowest BCUT2D eigenvalue weighted by molar-refractivity contribution is -0.111. The van der Waals surface area contributed by atoms with Crippen LogP contribution < -0.4 is 5.32 Å². The fraction of sp³-hybridized carbons (Fsp3) is 0. The molecule has 102 valence electrons. The summed E-state index contributed by atoms with van der Waals surface area (Å²) in [5.74, 6) is -0.310. The van der Waals surface area contributed by atoms with Crippen molar-refractivity contribution in [1.82, 2.24) is 0 Å². The first-order chi connectivity index (χ1) is 9.56. The summed E-state index contributed by atoms with van der Waals surface area (Å²) >= 11 is 17.7. The standard InChI is InChI=1S/C15H10Cl3NO/c16-11-7-4-10(5-8-11)6-9-14(20)19-15-12(17)2-1-3-13(15)18/h1-9H,(H,19,20)/b9-6+. The van der Waals surface area contributed by atoms with E-state index in [1.807, 2.05) is 12.1 Å². The van der Waals surface area contributed by atoms with Crippen molar-refractivity contribution in [2.75, 3.05) is 5.32 Å². The van der Waals surface area contributed by atoms with E-state index in [9.17, 15) is 4.79 Å². The van der Waals surface area contributed by atoms with Crippen molar-refractivity contribution in [2.45, 2.75) is 0 Å². The Labute approximate surface area is 132 Å². The lowest BCUT2D eigenvalue weighted by Crippen LogP contribution is -2.08. The predicted molar refractivity (Wildman–Crippen MR) is 85.6 cm³/mol. The van der Waals surface area contributed by atoms with Crippen molar-refractivity contribution >= 4 is 52.5 Å². The van der Waals surface area contributed by atoms with E-state index >= 15 is 0 Å². The zero-order valence-corrected chi connectivity index (χ0v) is 12.5. The van der Waals surface area contributed by atoms with Gasteiger partial charge in [0.25, 0.3) is 0 Å². The van der Waals surface area contributed by atoms with Crippen molar-refractivity contribution in [2.24, 2.45) is 0 Å².